The van der Waals surface area contributed by atoms with Gasteiger partial charge in [0.15, 0.2) is 0 Å². The maximum atomic E-state index is 2.60. The standard InChI is InChI=1S/C19H34N.2ClH.Ti/c1-7-9-15(3)18-13-17(11-12-20(5)6)19(14-18)16(4)10-8-2;;;/h13-16H,7-12H2,1-6H3;2*1H;/q;;;+2/p-2. The first-order valence-electron chi connectivity index (χ1n) is 8.68. The second-order valence-electron chi connectivity index (χ2n) is 7.15. The number of halogens is 2. The summed E-state index contributed by atoms with van der Waals surface area (Å²) in [5.41, 5.74) is 3.28. The molecule has 3 unspecified atom stereocenters. The van der Waals surface area contributed by atoms with Gasteiger partial charge in [0, 0.05) is 0 Å². The van der Waals surface area contributed by atoms with E-state index in [1.54, 1.807) is 11.1 Å². The van der Waals surface area contributed by atoms with Gasteiger partial charge in [0.2, 0.25) is 0 Å². The largest absolute Gasteiger partial charge is 1.00 e. The van der Waals surface area contributed by atoms with Crippen LogP contribution in [0.5, 0.6) is 0 Å². The van der Waals surface area contributed by atoms with E-state index < -0.39 is 0 Å². The van der Waals surface area contributed by atoms with Crippen LogP contribution in [-0.4, -0.2) is 25.5 Å². The first-order valence-corrected chi connectivity index (χ1v) is 9.46. The molecule has 23 heavy (non-hydrogen) atoms. The van der Waals surface area contributed by atoms with Crippen LogP contribution >= 0.6 is 0 Å². The van der Waals surface area contributed by atoms with Gasteiger partial charge < -0.3 is 24.8 Å². The van der Waals surface area contributed by atoms with Gasteiger partial charge in [0.25, 0.3) is 0 Å². The van der Waals surface area contributed by atoms with E-state index in [9.17, 15) is 0 Å². The van der Waals surface area contributed by atoms with Crippen LogP contribution in [0.2, 0.25) is 3.72 Å². The van der Waals surface area contributed by atoms with Crippen molar-refractivity contribution in [3.05, 3.63) is 23.3 Å². The molecule has 0 amide bonds. The van der Waals surface area contributed by atoms with Gasteiger partial charge in [-0.2, -0.15) is 0 Å². The summed E-state index contributed by atoms with van der Waals surface area (Å²) >= 11 is 2.46. The summed E-state index contributed by atoms with van der Waals surface area (Å²) in [6.07, 6.45) is 11.6. The Balaban J connectivity index is 0. The molecule has 0 spiro atoms. The minimum atomic E-state index is 0. The van der Waals surface area contributed by atoms with Gasteiger partial charge in [-0.25, -0.2) is 0 Å². The van der Waals surface area contributed by atoms with Crippen molar-refractivity contribution in [3.8, 4) is 0 Å². The predicted molar refractivity (Wildman–Crippen MR) is 90.2 cm³/mol. The van der Waals surface area contributed by atoms with E-state index in [4.69, 9.17) is 0 Å². The zero-order valence-electron chi connectivity index (χ0n) is 15.8. The van der Waals surface area contributed by atoms with Crippen molar-refractivity contribution in [1.29, 1.82) is 0 Å². The Morgan fingerprint density at radius 2 is 1.57 bits per heavy atom. The molecule has 0 bridgehead atoms. The van der Waals surface area contributed by atoms with Crippen LogP contribution in [0.15, 0.2) is 23.3 Å². The topological polar surface area (TPSA) is 3.24 Å². The normalized spacial score (nSPS) is 22.8. The number of nitrogens with zero attached hydrogens (tertiary/aromatic N) is 1. The Morgan fingerprint density at radius 1 is 1.04 bits per heavy atom. The summed E-state index contributed by atoms with van der Waals surface area (Å²) in [6, 6.07) is 0. The molecule has 1 rings (SSSR count). The van der Waals surface area contributed by atoms with Crippen molar-refractivity contribution in [1.82, 2.24) is 4.90 Å². The smallest absolute Gasteiger partial charge is 1.00 e. The summed E-state index contributed by atoms with van der Waals surface area (Å²) in [5, 5.41) is 0. The molecule has 0 aromatic carbocycles. The summed E-state index contributed by atoms with van der Waals surface area (Å²) in [5.74, 6) is 1.42. The van der Waals surface area contributed by atoms with E-state index >= 15 is 0 Å². The number of allylic oxidation sites excluding steroid dienone is 4. The molecular weight excluding hydrogens is 361 g/mol. The molecule has 1 aliphatic rings. The van der Waals surface area contributed by atoms with Gasteiger partial charge in [-0.3, -0.25) is 0 Å². The summed E-state index contributed by atoms with van der Waals surface area (Å²) in [7, 11) is 4.36. The van der Waals surface area contributed by atoms with Gasteiger partial charge >= 0.3 is 145 Å². The van der Waals surface area contributed by atoms with E-state index in [1.807, 2.05) is 0 Å². The Labute approximate surface area is 169 Å². The van der Waals surface area contributed by atoms with Crippen LogP contribution < -0.4 is 24.8 Å². The van der Waals surface area contributed by atoms with Gasteiger partial charge in [-0.15, -0.1) is 0 Å². The van der Waals surface area contributed by atoms with E-state index in [0.717, 1.165) is 0 Å². The van der Waals surface area contributed by atoms with Crippen LogP contribution in [0.4, 0.5) is 0 Å². The maximum Gasteiger partial charge on any atom is -1.00 e. The predicted octanol–water partition coefficient (Wildman–Crippen LogP) is -0.610. The van der Waals surface area contributed by atoms with Crippen LogP contribution in [0.3, 0.4) is 0 Å². The molecule has 0 N–H and O–H groups in total. The first-order chi connectivity index (χ1) is 9.84. The molecule has 0 saturated carbocycles. The van der Waals surface area contributed by atoms with Gasteiger partial charge in [0.05, 0.1) is 0 Å². The molecule has 1 nitrogen and oxygen atoms in total. The van der Waals surface area contributed by atoms with Crippen LogP contribution in [0.1, 0.15) is 59.8 Å². The van der Waals surface area contributed by atoms with Crippen molar-refractivity contribution in [3.63, 3.8) is 0 Å². The van der Waals surface area contributed by atoms with Crippen molar-refractivity contribution >= 4 is 0 Å². The second kappa shape index (κ2) is 12.1. The molecule has 0 fully saturated rings. The fourth-order valence-corrected chi connectivity index (χ4v) is 4.32. The average Bonchev–Trinajstić information content (AvgIpc) is 2.76. The van der Waals surface area contributed by atoms with Crippen LogP contribution in [0, 0.1) is 11.8 Å². The first kappa shape index (κ1) is 26.0. The van der Waals surface area contributed by atoms with E-state index in [1.165, 1.54) is 38.6 Å². The third-order valence-corrected chi connectivity index (χ3v) is 5.81. The van der Waals surface area contributed by atoms with Crippen molar-refractivity contribution in [2.45, 2.75) is 63.5 Å². The minimum absolute atomic E-state index is 0. The van der Waals surface area contributed by atoms with E-state index in [0.29, 0.717) is 11.8 Å². The van der Waals surface area contributed by atoms with Gasteiger partial charge in [-0.1, -0.05) is 0 Å². The summed E-state index contributed by atoms with van der Waals surface area (Å²) < 4.78 is 0.274. The van der Waals surface area contributed by atoms with Crippen LogP contribution in [-0.2, 0) is 20.4 Å². The van der Waals surface area contributed by atoms with E-state index in [-0.39, 0.29) is 28.5 Å². The number of hydrogen-bond acceptors (Lipinski definition) is 1. The third kappa shape index (κ3) is 7.65. The maximum absolute atomic E-state index is 2.60. The fourth-order valence-electron chi connectivity index (χ4n) is 3.39. The zero-order valence-corrected chi connectivity index (χ0v) is 18.8. The van der Waals surface area contributed by atoms with Crippen LogP contribution in [0.25, 0.3) is 0 Å². The van der Waals surface area contributed by atoms with Crippen molar-refractivity contribution in [2.24, 2.45) is 11.8 Å². The molecule has 0 aromatic rings. The van der Waals surface area contributed by atoms with Crippen molar-refractivity contribution < 1.29 is 45.2 Å². The fraction of sp³-hybridized carbons (Fsp3) is 0.789. The molecule has 0 radical (unpaired) electrons. The molecule has 0 heterocycles. The Hall–Kier alpha value is 0.734. The zero-order chi connectivity index (χ0) is 16.0. The third-order valence-electron chi connectivity index (χ3n) is 4.75. The summed E-state index contributed by atoms with van der Waals surface area (Å²) in [6.45, 7) is 10.6. The minimum Gasteiger partial charge on any atom is -1.00 e. The van der Waals surface area contributed by atoms with Crippen molar-refractivity contribution in [2.75, 3.05) is 20.6 Å². The number of hydrogen-bond donors (Lipinski definition) is 0. The second-order valence-corrected chi connectivity index (χ2v) is 8.54. The average molecular weight is 395 g/mol. The van der Waals surface area contributed by atoms with E-state index in [2.05, 4.69) is 79.3 Å². The molecule has 0 saturated heterocycles. The molecule has 0 aromatic heterocycles. The Bertz CT molecular complexity index is 393. The Kier molecular flexibility index (Phi) is 13.7. The Morgan fingerprint density at radius 3 is 2.04 bits per heavy atom. The monoisotopic (exact) mass is 394 g/mol. The molecule has 1 aliphatic carbocycles. The number of rotatable bonds is 9. The molecule has 0 aliphatic heterocycles. The molecule has 3 atom stereocenters. The molecule has 4 heteroatoms. The quantitative estimate of drug-likeness (QED) is 0.471. The van der Waals surface area contributed by atoms with Gasteiger partial charge in [-0.05, 0) is 0 Å². The van der Waals surface area contributed by atoms with Gasteiger partial charge in [0.1, 0.15) is 0 Å². The SMILES string of the molecule is CCCC(C)C1=C[C]([Ti+2])(CCN(C)C)C(C(C)CCC)=C1.[Cl-].[Cl-]. The molecule has 133 valence electrons. The molecular formula is C19H34Cl2NTi. The summed E-state index contributed by atoms with van der Waals surface area (Å²) in [4.78, 5) is 2.31.